The summed E-state index contributed by atoms with van der Waals surface area (Å²) < 4.78 is 0.993. The highest BCUT2D eigenvalue weighted by atomic mass is 79.9. The van der Waals surface area contributed by atoms with Crippen molar-refractivity contribution in [3.05, 3.63) is 28.2 Å². The van der Waals surface area contributed by atoms with E-state index in [1.54, 1.807) is 18.7 Å². The molecule has 0 aliphatic carbocycles. The summed E-state index contributed by atoms with van der Waals surface area (Å²) >= 11 is 3.43. The van der Waals surface area contributed by atoms with Gasteiger partial charge in [-0.2, -0.15) is 0 Å². The first-order valence-corrected chi connectivity index (χ1v) is 7.98. The Labute approximate surface area is 134 Å². The molecule has 2 rings (SSSR count). The second kappa shape index (κ2) is 6.18. The molecule has 0 aromatic heterocycles. The molecule has 1 heterocycles. The van der Waals surface area contributed by atoms with Crippen molar-refractivity contribution < 1.29 is 9.59 Å². The molecule has 2 amide bonds. The van der Waals surface area contributed by atoms with Crippen LogP contribution in [0.4, 0.5) is 5.69 Å². The second-order valence-electron chi connectivity index (χ2n) is 6.04. The summed E-state index contributed by atoms with van der Waals surface area (Å²) in [4.78, 5) is 26.7. The number of carbonyl (C=O) groups is 2. The Kier molecular flexibility index (Phi) is 4.71. The predicted molar refractivity (Wildman–Crippen MR) is 87.1 cm³/mol. The van der Waals surface area contributed by atoms with Crippen LogP contribution in [0, 0.1) is 12.3 Å². The van der Waals surface area contributed by atoms with Gasteiger partial charge in [0, 0.05) is 23.2 Å². The average Bonchev–Trinajstić information content (AvgIpc) is 2.95. The molecule has 0 spiro atoms. The lowest BCUT2D eigenvalue weighted by atomic mass is 9.90. The molecule has 114 valence electrons. The number of benzene rings is 1. The van der Waals surface area contributed by atoms with Crippen LogP contribution in [-0.4, -0.2) is 29.8 Å². The standard InChI is InChI=1S/C16H21BrN2O2/c1-11-10-12(6-7-13(11)17)18-14(20)16(2,3)15(21)19-8-4-5-9-19/h6-7,10H,4-5,8-9H2,1-3H3,(H,18,20). The molecule has 1 aliphatic rings. The number of hydrogen-bond acceptors (Lipinski definition) is 2. The number of rotatable bonds is 3. The van der Waals surface area contributed by atoms with Crippen LogP contribution >= 0.6 is 15.9 Å². The van der Waals surface area contributed by atoms with Gasteiger partial charge in [-0.3, -0.25) is 9.59 Å². The molecule has 0 bridgehead atoms. The third-order valence-corrected chi connectivity index (χ3v) is 4.80. The van der Waals surface area contributed by atoms with Crippen molar-refractivity contribution in [2.45, 2.75) is 33.6 Å². The van der Waals surface area contributed by atoms with Crippen molar-refractivity contribution in [2.75, 3.05) is 18.4 Å². The summed E-state index contributed by atoms with van der Waals surface area (Å²) in [5, 5.41) is 2.85. The second-order valence-corrected chi connectivity index (χ2v) is 6.90. The maximum atomic E-state index is 12.5. The summed E-state index contributed by atoms with van der Waals surface area (Å²) in [5.41, 5.74) is 0.699. The number of nitrogens with zero attached hydrogens (tertiary/aromatic N) is 1. The summed E-state index contributed by atoms with van der Waals surface area (Å²) in [7, 11) is 0. The first-order valence-electron chi connectivity index (χ1n) is 7.19. The van der Waals surface area contributed by atoms with Crippen LogP contribution < -0.4 is 5.32 Å². The lowest BCUT2D eigenvalue weighted by molar-refractivity contribution is -0.145. The number of halogens is 1. The fourth-order valence-electron chi connectivity index (χ4n) is 2.42. The molecule has 1 saturated heterocycles. The van der Waals surface area contributed by atoms with Gasteiger partial charge in [-0.05, 0) is 57.4 Å². The Morgan fingerprint density at radius 1 is 1.24 bits per heavy atom. The number of carbonyl (C=O) groups excluding carboxylic acids is 2. The highest BCUT2D eigenvalue weighted by Crippen LogP contribution is 2.26. The van der Waals surface area contributed by atoms with Gasteiger partial charge in [-0.15, -0.1) is 0 Å². The van der Waals surface area contributed by atoms with E-state index in [0.717, 1.165) is 36.0 Å². The SMILES string of the molecule is Cc1cc(NC(=O)C(C)(C)C(=O)N2CCCC2)ccc1Br. The molecule has 1 aliphatic heterocycles. The number of amides is 2. The van der Waals surface area contributed by atoms with Gasteiger partial charge in [0.1, 0.15) is 5.41 Å². The maximum absolute atomic E-state index is 12.5. The van der Waals surface area contributed by atoms with Crippen molar-refractivity contribution in [3.8, 4) is 0 Å². The molecule has 1 aromatic rings. The minimum Gasteiger partial charge on any atom is -0.342 e. The van der Waals surface area contributed by atoms with Crippen LogP contribution in [0.2, 0.25) is 0 Å². The van der Waals surface area contributed by atoms with Gasteiger partial charge < -0.3 is 10.2 Å². The first-order chi connectivity index (χ1) is 9.82. The topological polar surface area (TPSA) is 49.4 Å². The first kappa shape index (κ1) is 16.0. The summed E-state index contributed by atoms with van der Waals surface area (Å²) in [6.07, 6.45) is 2.05. The number of anilines is 1. The molecule has 5 heteroatoms. The van der Waals surface area contributed by atoms with Crippen LogP contribution in [0.1, 0.15) is 32.3 Å². The average molecular weight is 353 g/mol. The van der Waals surface area contributed by atoms with E-state index in [1.165, 1.54) is 0 Å². The van der Waals surface area contributed by atoms with Crippen LogP contribution in [-0.2, 0) is 9.59 Å². The smallest absolute Gasteiger partial charge is 0.239 e. The highest BCUT2D eigenvalue weighted by Gasteiger charge is 2.39. The largest absolute Gasteiger partial charge is 0.342 e. The number of hydrogen-bond donors (Lipinski definition) is 1. The predicted octanol–water partition coefficient (Wildman–Crippen LogP) is 3.34. The number of nitrogens with one attached hydrogen (secondary N) is 1. The molecule has 1 aromatic carbocycles. The van der Waals surface area contributed by atoms with Crippen molar-refractivity contribution in [1.29, 1.82) is 0 Å². The summed E-state index contributed by atoms with van der Waals surface area (Å²) in [5.74, 6) is -0.354. The van der Waals surface area contributed by atoms with Crippen LogP contribution in [0.5, 0.6) is 0 Å². The van der Waals surface area contributed by atoms with Crippen molar-refractivity contribution in [3.63, 3.8) is 0 Å². The van der Waals surface area contributed by atoms with Crippen LogP contribution in [0.15, 0.2) is 22.7 Å². The fraction of sp³-hybridized carbons (Fsp3) is 0.500. The fourth-order valence-corrected chi connectivity index (χ4v) is 2.67. The van der Waals surface area contributed by atoms with E-state index in [-0.39, 0.29) is 11.8 Å². The minimum atomic E-state index is -1.05. The Morgan fingerprint density at radius 2 is 1.86 bits per heavy atom. The Morgan fingerprint density at radius 3 is 2.43 bits per heavy atom. The van der Waals surface area contributed by atoms with E-state index in [0.29, 0.717) is 5.69 Å². The maximum Gasteiger partial charge on any atom is 0.239 e. The molecule has 1 N–H and O–H groups in total. The zero-order valence-corrected chi connectivity index (χ0v) is 14.3. The third-order valence-electron chi connectivity index (χ3n) is 3.91. The van der Waals surface area contributed by atoms with E-state index in [9.17, 15) is 9.59 Å². The normalized spacial score (nSPS) is 15.1. The van der Waals surface area contributed by atoms with Gasteiger partial charge in [0.25, 0.3) is 0 Å². The van der Waals surface area contributed by atoms with Gasteiger partial charge in [0.15, 0.2) is 0 Å². The van der Waals surface area contributed by atoms with E-state index in [1.807, 2.05) is 25.1 Å². The van der Waals surface area contributed by atoms with Crippen molar-refractivity contribution >= 4 is 33.4 Å². The molecular formula is C16H21BrN2O2. The van der Waals surface area contributed by atoms with Crippen LogP contribution in [0.3, 0.4) is 0 Å². The van der Waals surface area contributed by atoms with Gasteiger partial charge in [-0.25, -0.2) is 0 Å². The molecule has 0 unspecified atom stereocenters. The molecule has 0 atom stereocenters. The van der Waals surface area contributed by atoms with E-state index >= 15 is 0 Å². The Balaban J connectivity index is 2.10. The van der Waals surface area contributed by atoms with Gasteiger partial charge in [-0.1, -0.05) is 15.9 Å². The minimum absolute atomic E-state index is 0.0914. The van der Waals surface area contributed by atoms with Gasteiger partial charge in [0.05, 0.1) is 0 Å². The van der Waals surface area contributed by atoms with E-state index in [4.69, 9.17) is 0 Å². The number of likely N-dealkylation sites (tertiary alicyclic amines) is 1. The number of aryl methyl sites for hydroxylation is 1. The Hall–Kier alpha value is -1.36. The molecule has 0 radical (unpaired) electrons. The quantitative estimate of drug-likeness (QED) is 0.848. The van der Waals surface area contributed by atoms with E-state index < -0.39 is 5.41 Å². The van der Waals surface area contributed by atoms with Crippen LogP contribution in [0.25, 0.3) is 0 Å². The molecule has 0 saturated carbocycles. The molecule has 4 nitrogen and oxygen atoms in total. The monoisotopic (exact) mass is 352 g/mol. The molecule has 21 heavy (non-hydrogen) atoms. The Bertz CT molecular complexity index is 563. The summed E-state index contributed by atoms with van der Waals surface area (Å²) in [6.45, 7) is 6.85. The molecule has 1 fully saturated rings. The zero-order chi connectivity index (χ0) is 15.6. The zero-order valence-electron chi connectivity index (χ0n) is 12.7. The summed E-state index contributed by atoms with van der Waals surface area (Å²) in [6, 6.07) is 5.60. The van der Waals surface area contributed by atoms with Gasteiger partial charge in [0.2, 0.25) is 11.8 Å². The van der Waals surface area contributed by atoms with Crippen molar-refractivity contribution in [2.24, 2.45) is 5.41 Å². The highest BCUT2D eigenvalue weighted by molar-refractivity contribution is 9.10. The van der Waals surface area contributed by atoms with Gasteiger partial charge >= 0.3 is 0 Å². The molecular weight excluding hydrogens is 332 g/mol. The lowest BCUT2D eigenvalue weighted by Gasteiger charge is -2.28. The lowest BCUT2D eigenvalue weighted by Crippen LogP contribution is -2.46. The third kappa shape index (κ3) is 3.46. The van der Waals surface area contributed by atoms with Crippen molar-refractivity contribution in [1.82, 2.24) is 4.90 Å². The van der Waals surface area contributed by atoms with E-state index in [2.05, 4.69) is 21.2 Å².